The lowest BCUT2D eigenvalue weighted by molar-refractivity contribution is -0.119. The Balaban J connectivity index is 2.18. The first-order chi connectivity index (χ1) is 4.66. The molecule has 1 fully saturated rings. The third-order valence-electron chi connectivity index (χ3n) is 1.72. The summed E-state index contributed by atoms with van der Waals surface area (Å²) < 4.78 is 0. The van der Waals surface area contributed by atoms with E-state index in [0.29, 0.717) is 5.75 Å². The van der Waals surface area contributed by atoms with E-state index >= 15 is 0 Å². The lowest BCUT2D eigenvalue weighted by Gasteiger charge is -2.09. The normalized spacial score (nSPS) is 20.2. The van der Waals surface area contributed by atoms with Gasteiger partial charge in [0.15, 0.2) is 0 Å². The van der Waals surface area contributed by atoms with Crippen LogP contribution < -0.4 is 5.32 Å². The van der Waals surface area contributed by atoms with Crippen LogP contribution in [0.5, 0.6) is 0 Å². The standard InChI is InChI=1S/C7H13NOS/c1-7(3-4-7)8-6(9)5-10-2/h3-5H2,1-2H3,(H,8,9). The van der Waals surface area contributed by atoms with E-state index in [-0.39, 0.29) is 11.4 Å². The van der Waals surface area contributed by atoms with E-state index < -0.39 is 0 Å². The van der Waals surface area contributed by atoms with Crippen molar-refractivity contribution in [2.45, 2.75) is 25.3 Å². The summed E-state index contributed by atoms with van der Waals surface area (Å²) in [5, 5.41) is 2.97. The summed E-state index contributed by atoms with van der Waals surface area (Å²) in [6.07, 6.45) is 4.23. The molecule has 0 saturated heterocycles. The van der Waals surface area contributed by atoms with Crippen LogP contribution in [0.1, 0.15) is 19.8 Å². The SMILES string of the molecule is CSCC(=O)NC1(C)CC1. The summed E-state index contributed by atoms with van der Waals surface area (Å²) in [6, 6.07) is 0. The second-order valence-corrected chi connectivity index (χ2v) is 3.91. The van der Waals surface area contributed by atoms with Gasteiger partial charge in [0, 0.05) is 5.54 Å². The molecule has 1 rings (SSSR count). The third-order valence-corrected chi connectivity index (χ3v) is 2.27. The Labute approximate surface area is 65.8 Å². The number of amides is 1. The fourth-order valence-corrected chi connectivity index (χ4v) is 1.15. The van der Waals surface area contributed by atoms with Gasteiger partial charge in [-0.3, -0.25) is 4.79 Å². The molecule has 0 aromatic carbocycles. The largest absolute Gasteiger partial charge is 0.350 e. The van der Waals surface area contributed by atoms with E-state index in [2.05, 4.69) is 12.2 Å². The molecule has 1 aliphatic rings. The number of hydrogen-bond donors (Lipinski definition) is 1. The predicted molar refractivity (Wildman–Crippen MR) is 44.2 cm³/mol. The third kappa shape index (κ3) is 2.21. The highest BCUT2D eigenvalue weighted by Gasteiger charge is 2.38. The first kappa shape index (κ1) is 7.92. The fourth-order valence-electron chi connectivity index (χ4n) is 0.816. The molecule has 0 unspecified atom stereocenters. The van der Waals surface area contributed by atoms with Crippen LogP contribution in [0.2, 0.25) is 0 Å². The van der Waals surface area contributed by atoms with Gasteiger partial charge in [-0.05, 0) is 26.0 Å². The lowest BCUT2D eigenvalue weighted by atomic mass is 10.3. The molecule has 10 heavy (non-hydrogen) atoms. The highest BCUT2D eigenvalue weighted by Crippen LogP contribution is 2.34. The number of nitrogens with one attached hydrogen (secondary N) is 1. The quantitative estimate of drug-likeness (QED) is 0.666. The van der Waals surface area contributed by atoms with Crippen LogP contribution in [0.15, 0.2) is 0 Å². The predicted octanol–water partition coefficient (Wildman–Crippen LogP) is 1.02. The molecule has 0 heterocycles. The average molecular weight is 159 g/mol. The maximum Gasteiger partial charge on any atom is 0.230 e. The Hall–Kier alpha value is -0.180. The van der Waals surface area contributed by atoms with Gasteiger partial charge in [0.25, 0.3) is 0 Å². The van der Waals surface area contributed by atoms with E-state index in [1.165, 1.54) is 0 Å². The Morgan fingerprint density at radius 3 is 2.70 bits per heavy atom. The molecule has 0 aromatic rings. The second-order valence-electron chi connectivity index (χ2n) is 3.04. The fraction of sp³-hybridized carbons (Fsp3) is 0.857. The van der Waals surface area contributed by atoms with Crippen molar-refractivity contribution in [3.63, 3.8) is 0 Å². The molecular formula is C7H13NOS. The molecule has 0 aromatic heterocycles. The lowest BCUT2D eigenvalue weighted by Crippen LogP contribution is -2.35. The van der Waals surface area contributed by atoms with E-state index in [4.69, 9.17) is 0 Å². The molecule has 2 nitrogen and oxygen atoms in total. The number of thioether (sulfide) groups is 1. The molecule has 1 aliphatic carbocycles. The van der Waals surface area contributed by atoms with Crippen LogP contribution in [-0.2, 0) is 4.79 Å². The Kier molecular flexibility index (Phi) is 2.24. The zero-order chi connectivity index (χ0) is 7.61. The van der Waals surface area contributed by atoms with Crippen LogP contribution in [-0.4, -0.2) is 23.5 Å². The van der Waals surface area contributed by atoms with Crippen LogP contribution in [0.4, 0.5) is 0 Å². The molecule has 3 heteroatoms. The van der Waals surface area contributed by atoms with Crippen LogP contribution in [0, 0.1) is 0 Å². The molecule has 58 valence electrons. The van der Waals surface area contributed by atoms with Crippen molar-refractivity contribution < 1.29 is 4.79 Å². The summed E-state index contributed by atoms with van der Waals surface area (Å²) in [6.45, 7) is 2.09. The van der Waals surface area contributed by atoms with Crippen LogP contribution in [0.3, 0.4) is 0 Å². The van der Waals surface area contributed by atoms with Gasteiger partial charge in [-0.2, -0.15) is 11.8 Å². The monoisotopic (exact) mass is 159 g/mol. The molecule has 0 spiro atoms. The van der Waals surface area contributed by atoms with Gasteiger partial charge in [-0.25, -0.2) is 0 Å². The number of hydrogen-bond acceptors (Lipinski definition) is 2. The van der Waals surface area contributed by atoms with Gasteiger partial charge < -0.3 is 5.32 Å². The summed E-state index contributed by atoms with van der Waals surface area (Å²) in [4.78, 5) is 11.0. The topological polar surface area (TPSA) is 29.1 Å². The van der Waals surface area contributed by atoms with Crippen LogP contribution >= 0.6 is 11.8 Å². The summed E-state index contributed by atoms with van der Waals surface area (Å²) in [5.74, 6) is 0.766. The second kappa shape index (κ2) is 2.82. The zero-order valence-corrected chi connectivity index (χ0v) is 7.25. The van der Waals surface area contributed by atoms with Crippen molar-refractivity contribution in [3.8, 4) is 0 Å². The minimum Gasteiger partial charge on any atom is -0.350 e. The van der Waals surface area contributed by atoms with Gasteiger partial charge in [-0.15, -0.1) is 0 Å². The van der Waals surface area contributed by atoms with Gasteiger partial charge in [0.1, 0.15) is 0 Å². The molecule has 0 radical (unpaired) electrons. The van der Waals surface area contributed by atoms with Crippen LogP contribution in [0.25, 0.3) is 0 Å². The van der Waals surface area contributed by atoms with Crippen molar-refractivity contribution in [3.05, 3.63) is 0 Å². The van der Waals surface area contributed by atoms with Crippen molar-refractivity contribution in [1.82, 2.24) is 5.32 Å². The molecule has 1 saturated carbocycles. The number of carbonyl (C=O) groups is 1. The number of carbonyl (C=O) groups excluding carboxylic acids is 1. The average Bonchev–Trinajstić information content (AvgIpc) is 2.48. The Bertz CT molecular complexity index is 143. The smallest absolute Gasteiger partial charge is 0.230 e. The molecule has 1 amide bonds. The van der Waals surface area contributed by atoms with Crippen molar-refractivity contribution in [1.29, 1.82) is 0 Å². The highest BCUT2D eigenvalue weighted by atomic mass is 32.2. The Morgan fingerprint density at radius 1 is 1.70 bits per heavy atom. The van der Waals surface area contributed by atoms with Crippen molar-refractivity contribution in [2.75, 3.05) is 12.0 Å². The van der Waals surface area contributed by atoms with E-state index in [0.717, 1.165) is 12.8 Å². The summed E-state index contributed by atoms with van der Waals surface area (Å²) >= 11 is 1.57. The van der Waals surface area contributed by atoms with Crippen molar-refractivity contribution in [2.24, 2.45) is 0 Å². The minimum atomic E-state index is 0.160. The first-order valence-electron chi connectivity index (χ1n) is 3.46. The number of rotatable bonds is 3. The molecule has 1 N–H and O–H groups in total. The van der Waals surface area contributed by atoms with Gasteiger partial charge in [0.2, 0.25) is 5.91 Å². The van der Waals surface area contributed by atoms with E-state index in [1.807, 2.05) is 6.26 Å². The molecule has 0 aliphatic heterocycles. The highest BCUT2D eigenvalue weighted by molar-refractivity contribution is 7.99. The summed E-state index contributed by atoms with van der Waals surface area (Å²) in [7, 11) is 0. The van der Waals surface area contributed by atoms with E-state index in [9.17, 15) is 4.79 Å². The molecule has 0 atom stereocenters. The van der Waals surface area contributed by atoms with Gasteiger partial charge in [-0.1, -0.05) is 0 Å². The summed E-state index contributed by atoms with van der Waals surface area (Å²) in [5.41, 5.74) is 0.160. The Morgan fingerprint density at radius 2 is 2.30 bits per heavy atom. The molecule has 0 bridgehead atoms. The van der Waals surface area contributed by atoms with Crippen molar-refractivity contribution >= 4 is 17.7 Å². The van der Waals surface area contributed by atoms with Gasteiger partial charge in [0.05, 0.1) is 5.75 Å². The molecular weight excluding hydrogens is 146 g/mol. The van der Waals surface area contributed by atoms with E-state index in [1.54, 1.807) is 11.8 Å². The zero-order valence-electron chi connectivity index (χ0n) is 6.44. The minimum absolute atomic E-state index is 0.160. The van der Waals surface area contributed by atoms with Gasteiger partial charge >= 0.3 is 0 Å². The maximum atomic E-state index is 11.0. The first-order valence-corrected chi connectivity index (χ1v) is 4.86. The maximum absolute atomic E-state index is 11.0.